The number of hydrogen-bond acceptors (Lipinski definition) is 7. The van der Waals surface area contributed by atoms with Crippen molar-refractivity contribution in [1.29, 1.82) is 0 Å². The van der Waals surface area contributed by atoms with E-state index in [9.17, 15) is 13.2 Å². The molecule has 5 atom stereocenters. The van der Waals surface area contributed by atoms with Gasteiger partial charge in [0.15, 0.2) is 0 Å². The van der Waals surface area contributed by atoms with Crippen LogP contribution in [0.15, 0.2) is 12.4 Å². The predicted molar refractivity (Wildman–Crippen MR) is 119 cm³/mol. The summed E-state index contributed by atoms with van der Waals surface area (Å²) in [4.78, 5) is 13.2. The number of ether oxygens (including phenoxy) is 1. The summed E-state index contributed by atoms with van der Waals surface area (Å²) < 4.78 is 44.3. The highest BCUT2D eigenvalue weighted by Crippen LogP contribution is 2.45. The van der Waals surface area contributed by atoms with E-state index in [0.29, 0.717) is 37.7 Å². The molecule has 0 aromatic carbocycles. The second-order valence-electron chi connectivity index (χ2n) is 10.5. The van der Waals surface area contributed by atoms with Crippen molar-refractivity contribution in [1.82, 2.24) is 25.7 Å². The third-order valence-corrected chi connectivity index (χ3v) is 7.87. The molecule has 5 rings (SSSR count). The van der Waals surface area contributed by atoms with Crippen LogP contribution in [0.1, 0.15) is 64.1 Å². The Bertz CT molecular complexity index is 835. The van der Waals surface area contributed by atoms with Gasteiger partial charge in [0, 0.05) is 50.2 Å². The molecular formula is C23H35F3N6O. The van der Waals surface area contributed by atoms with Crippen molar-refractivity contribution in [2.24, 2.45) is 5.92 Å². The van der Waals surface area contributed by atoms with Gasteiger partial charge in [-0.15, -0.1) is 0 Å². The molecule has 2 saturated heterocycles. The Hall–Kier alpha value is -1.49. The average molecular weight is 469 g/mol. The molecule has 0 radical (unpaired) electrons. The molecule has 184 valence electrons. The molecule has 4 aliphatic rings. The lowest BCUT2D eigenvalue weighted by molar-refractivity contribution is -0.139. The summed E-state index contributed by atoms with van der Waals surface area (Å²) in [6, 6.07) is 2.60. The Labute approximate surface area is 193 Å². The maximum Gasteiger partial charge on any atom is 0.390 e. The first-order valence-corrected chi connectivity index (χ1v) is 12.3. The summed E-state index contributed by atoms with van der Waals surface area (Å²) in [5, 5.41) is 0. The lowest BCUT2D eigenvalue weighted by Gasteiger charge is -2.40. The van der Waals surface area contributed by atoms with Gasteiger partial charge in [-0.25, -0.2) is 15.4 Å². The van der Waals surface area contributed by atoms with E-state index in [0.717, 1.165) is 43.6 Å². The number of alkyl halides is 3. The van der Waals surface area contributed by atoms with Gasteiger partial charge in [-0.05, 0) is 46.0 Å². The Morgan fingerprint density at radius 2 is 2.00 bits per heavy atom. The van der Waals surface area contributed by atoms with Crippen LogP contribution in [0.2, 0.25) is 0 Å². The largest absolute Gasteiger partial charge is 0.390 e. The number of fused-ring (bicyclic) bond motifs is 1. The van der Waals surface area contributed by atoms with E-state index in [2.05, 4.69) is 32.6 Å². The van der Waals surface area contributed by atoms with Crippen LogP contribution in [0.4, 0.5) is 19.0 Å². The molecule has 7 nitrogen and oxygen atoms in total. The molecular weight excluding hydrogens is 433 g/mol. The number of rotatable bonds is 6. The molecule has 4 unspecified atom stereocenters. The van der Waals surface area contributed by atoms with Crippen LogP contribution >= 0.6 is 0 Å². The minimum absolute atomic E-state index is 0.0372. The molecule has 2 saturated carbocycles. The Morgan fingerprint density at radius 3 is 2.73 bits per heavy atom. The fourth-order valence-electron chi connectivity index (χ4n) is 5.62. The number of anilines is 1. The van der Waals surface area contributed by atoms with Crippen molar-refractivity contribution in [2.45, 2.75) is 88.4 Å². The lowest BCUT2D eigenvalue weighted by Crippen LogP contribution is -2.52. The van der Waals surface area contributed by atoms with Gasteiger partial charge in [0.2, 0.25) is 0 Å². The average Bonchev–Trinajstić information content (AvgIpc) is 3.34. The van der Waals surface area contributed by atoms with Gasteiger partial charge < -0.3 is 9.64 Å². The molecule has 0 amide bonds. The molecule has 3 heterocycles. The molecule has 4 fully saturated rings. The summed E-state index contributed by atoms with van der Waals surface area (Å²) >= 11 is 0. The minimum atomic E-state index is -4.11. The van der Waals surface area contributed by atoms with Crippen LogP contribution in [0, 0.1) is 5.92 Å². The number of hydrazine groups is 1. The summed E-state index contributed by atoms with van der Waals surface area (Å²) in [5.74, 6) is 1.26. The fourth-order valence-corrected chi connectivity index (χ4v) is 5.62. The van der Waals surface area contributed by atoms with Gasteiger partial charge in [-0.2, -0.15) is 13.2 Å². The van der Waals surface area contributed by atoms with E-state index in [1.165, 1.54) is 0 Å². The number of aromatic nitrogens is 2. The smallest absolute Gasteiger partial charge is 0.372 e. The molecule has 0 bridgehead atoms. The molecule has 33 heavy (non-hydrogen) atoms. The summed E-state index contributed by atoms with van der Waals surface area (Å²) in [5.41, 5.74) is 7.98. The quantitative estimate of drug-likeness (QED) is 0.665. The van der Waals surface area contributed by atoms with Crippen molar-refractivity contribution in [3.8, 4) is 0 Å². The maximum absolute atomic E-state index is 12.6. The van der Waals surface area contributed by atoms with Crippen LogP contribution in [-0.4, -0.2) is 71.0 Å². The fraction of sp³-hybridized carbons (Fsp3) is 0.826. The predicted octanol–water partition coefficient (Wildman–Crippen LogP) is 3.19. The summed E-state index contributed by atoms with van der Waals surface area (Å²) in [6.07, 6.45) is 2.55. The van der Waals surface area contributed by atoms with Crippen LogP contribution in [-0.2, 0) is 4.74 Å². The second kappa shape index (κ2) is 8.94. The number of nitrogens with one attached hydrogen (secondary N) is 2. The molecule has 1 aromatic heterocycles. The van der Waals surface area contributed by atoms with Crippen molar-refractivity contribution < 1.29 is 17.9 Å². The van der Waals surface area contributed by atoms with Crippen LogP contribution in [0.25, 0.3) is 0 Å². The Balaban J connectivity index is 1.22. The molecule has 2 aliphatic carbocycles. The highest BCUT2D eigenvalue weighted by atomic mass is 19.4. The van der Waals surface area contributed by atoms with E-state index in [4.69, 9.17) is 4.74 Å². The first kappa shape index (κ1) is 23.3. The van der Waals surface area contributed by atoms with Gasteiger partial charge in [0.25, 0.3) is 0 Å². The zero-order valence-electron chi connectivity index (χ0n) is 19.4. The van der Waals surface area contributed by atoms with Gasteiger partial charge in [0.05, 0.1) is 29.9 Å². The Morgan fingerprint density at radius 1 is 1.18 bits per heavy atom. The highest BCUT2D eigenvalue weighted by Gasteiger charge is 2.46. The van der Waals surface area contributed by atoms with E-state index in [-0.39, 0.29) is 24.2 Å². The standard InChI is InChI=1S/C23H35F3N6O/c1-15-13-32(10-9-31(15)8-7-23(24,25)26)20-12-19(27-14-28-20)21-17-11-16(33-22(2)5-6-22)3-4-18(17)29-30-21/h12,14-18,21,29-30H,3-11,13H2,1-2H3/t15-,16?,17?,18?,21?/m0/s1. The number of piperazine rings is 1. The van der Waals surface area contributed by atoms with Gasteiger partial charge in [0.1, 0.15) is 12.1 Å². The molecule has 0 spiro atoms. The molecule has 2 aliphatic heterocycles. The summed E-state index contributed by atoms with van der Waals surface area (Å²) in [6.45, 7) is 6.17. The van der Waals surface area contributed by atoms with Gasteiger partial charge >= 0.3 is 6.18 Å². The third-order valence-electron chi connectivity index (χ3n) is 7.87. The van der Waals surface area contributed by atoms with Crippen LogP contribution in [0.3, 0.4) is 0 Å². The lowest BCUT2D eigenvalue weighted by atomic mass is 9.79. The van der Waals surface area contributed by atoms with E-state index in [1.807, 2.05) is 17.9 Å². The first-order valence-electron chi connectivity index (χ1n) is 12.3. The monoisotopic (exact) mass is 468 g/mol. The highest BCUT2D eigenvalue weighted by molar-refractivity contribution is 5.41. The second-order valence-corrected chi connectivity index (χ2v) is 10.5. The number of halogens is 3. The topological polar surface area (TPSA) is 65.5 Å². The van der Waals surface area contributed by atoms with Crippen molar-refractivity contribution in [3.05, 3.63) is 18.1 Å². The van der Waals surface area contributed by atoms with E-state index < -0.39 is 12.6 Å². The normalized spacial score (nSPS) is 34.3. The van der Waals surface area contributed by atoms with E-state index >= 15 is 0 Å². The van der Waals surface area contributed by atoms with Crippen molar-refractivity contribution in [2.75, 3.05) is 31.1 Å². The Kier molecular flexibility index (Phi) is 6.30. The van der Waals surface area contributed by atoms with Gasteiger partial charge in [-0.1, -0.05) is 0 Å². The third kappa shape index (κ3) is 5.44. The zero-order chi connectivity index (χ0) is 23.2. The van der Waals surface area contributed by atoms with Crippen LogP contribution in [0.5, 0.6) is 0 Å². The molecule has 10 heteroatoms. The van der Waals surface area contributed by atoms with Crippen molar-refractivity contribution in [3.63, 3.8) is 0 Å². The zero-order valence-corrected chi connectivity index (χ0v) is 19.4. The van der Waals surface area contributed by atoms with Crippen molar-refractivity contribution >= 4 is 5.82 Å². The van der Waals surface area contributed by atoms with Crippen LogP contribution < -0.4 is 15.8 Å². The summed E-state index contributed by atoms with van der Waals surface area (Å²) in [7, 11) is 0. The number of hydrogen-bond donors (Lipinski definition) is 2. The van der Waals surface area contributed by atoms with Gasteiger partial charge in [-0.3, -0.25) is 10.3 Å². The number of nitrogens with zero attached hydrogens (tertiary/aromatic N) is 4. The SMILES string of the molecule is C[C@H]1CN(c2cc(C3NNC4CCC(OC5(C)CC5)CC43)ncn2)CCN1CCC(F)(F)F. The molecule has 2 N–H and O–H groups in total. The maximum atomic E-state index is 12.6. The minimum Gasteiger partial charge on any atom is -0.372 e. The van der Waals surface area contributed by atoms with E-state index in [1.54, 1.807) is 6.33 Å². The first-order chi connectivity index (χ1) is 15.7. The molecule has 1 aromatic rings.